The van der Waals surface area contributed by atoms with Crippen molar-refractivity contribution in [1.82, 2.24) is 14.6 Å². The first-order chi connectivity index (χ1) is 8.35. The fourth-order valence-electron chi connectivity index (χ4n) is 1.73. The molecule has 2 aromatic heterocycles. The predicted octanol–water partition coefficient (Wildman–Crippen LogP) is 1.84. The average molecular weight is 244 g/mol. The zero-order chi connectivity index (χ0) is 11.7. The fraction of sp³-hybridized carbons (Fsp3) is 0.167. The van der Waals surface area contributed by atoms with Crippen molar-refractivity contribution in [3.05, 3.63) is 52.8 Å². The van der Waals surface area contributed by atoms with Crippen LogP contribution in [0.3, 0.4) is 0 Å². The lowest BCUT2D eigenvalue weighted by molar-refractivity contribution is 0.913. The molecule has 86 valence electrons. The van der Waals surface area contributed by atoms with Gasteiger partial charge in [0.05, 0.1) is 11.9 Å². The minimum absolute atomic E-state index is 0.462. The number of aromatic nitrogens is 3. The SMILES string of the molecule is NCc1cn2nc(Cc3ccccc3)sc2n1. The Hall–Kier alpha value is -1.72. The van der Waals surface area contributed by atoms with Gasteiger partial charge in [0.25, 0.3) is 0 Å². The van der Waals surface area contributed by atoms with E-state index < -0.39 is 0 Å². The van der Waals surface area contributed by atoms with Gasteiger partial charge in [-0.15, -0.1) is 0 Å². The lowest BCUT2D eigenvalue weighted by atomic mass is 10.2. The van der Waals surface area contributed by atoms with Crippen molar-refractivity contribution >= 4 is 16.3 Å². The van der Waals surface area contributed by atoms with Crippen LogP contribution in [0.2, 0.25) is 0 Å². The molecule has 0 atom stereocenters. The van der Waals surface area contributed by atoms with Gasteiger partial charge in [0.1, 0.15) is 5.01 Å². The quantitative estimate of drug-likeness (QED) is 0.765. The van der Waals surface area contributed by atoms with E-state index in [-0.39, 0.29) is 0 Å². The summed E-state index contributed by atoms with van der Waals surface area (Å²) in [4.78, 5) is 5.30. The smallest absolute Gasteiger partial charge is 0.212 e. The minimum atomic E-state index is 0.462. The van der Waals surface area contributed by atoms with Crippen LogP contribution in [-0.2, 0) is 13.0 Å². The standard InChI is InChI=1S/C12H12N4S/c13-7-10-8-16-12(14-10)17-11(15-16)6-9-4-2-1-3-5-9/h1-5,8H,6-7,13H2. The Balaban J connectivity index is 1.89. The summed E-state index contributed by atoms with van der Waals surface area (Å²) in [6, 6.07) is 10.3. The first-order valence-corrected chi connectivity index (χ1v) is 6.25. The summed E-state index contributed by atoms with van der Waals surface area (Å²) in [5.41, 5.74) is 7.69. The molecule has 0 unspecified atom stereocenters. The highest BCUT2D eigenvalue weighted by atomic mass is 32.1. The Morgan fingerprint density at radius 2 is 2.06 bits per heavy atom. The van der Waals surface area contributed by atoms with Gasteiger partial charge in [0.15, 0.2) is 0 Å². The van der Waals surface area contributed by atoms with Gasteiger partial charge in [-0.05, 0) is 5.56 Å². The Morgan fingerprint density at radius 3 is 2.76 bits per heavy atom. The Bertz CT molecular complexity index is 595. The van der Waals surface area contributed by atoms with Crippen molar-refractivity contribution in [3.63, 3.8) is 0 Å². The van der Waals surface area contributed by atoms with Gasteiger partial charge in [0, 0.05) is 13.0 Å². The number of nitrogens with two attached hydrogens (primary N) is 1. The molecule has 0 fully saturated rings. The maximum Gasteiger partial charge on any atom is 0.212 e. The van der Waals surface area contributed by atoms with E-state index in [0.29, 0.717) is 6.54 Å². The molecular formula is C12H12N4S. The molecule has 0 saturated carbocycles. The van der Waals surface area contributed by atoms with E-state index in [1.165, 1.54) is 5.56 Å². The molecule has 0 spiro atoms. The third kappa shape index (κ3) is 2.07. The van der Waals surface area contributed by atoms with Gasteiger partial charge in [-0.1, -0.05) is 41.7 Å². The van der Waals surface area contributed by atoms with Crippen molar-refractivity contribution in [2.45, 2.75) is 13.0 Å². The van der Waals surface area contributed by atoms with E-state index in [1.807, 2.05) is 28.9 Å². The van der Waals surface area contributed by atoms with Crippen LogP contribution in [0.5, 0.6) is 0 Å². The molecule has 2 heterocycles. The topological polar surface area (TPSA) is 56.2 Å². The third-order valence-corrected chi connectivity index (χ3v) is 3.46. The molecule has 0 aliphatic carbocycles. The molecule has 17 heavy (non-hydrogen) atoms. The first kappa shape index (κ1) is 10.4. The number of imidazole rings is 1. The van der Waals surface area contributed by atoms with Crippen molar-refractivity contribution in [1.29, 1.82) is 0 Å². The van der Waals surface area contributed by atoms with E-state index in [0.717, 1.165) is 22.1 Å². The molecule has 4 nitrogen and oxygen atoms in total. The molecular weight excluding hydrogens is 232 g/mol. The van der Waals surface area contributed by atoms with Crippen LogP contribution >= 0.6 is 11.3 Å². The maximum atomic E-state index is 5.54. The predicted molar refractivity (Wildman–Crippen MR) is 68.0 cm³/mol. The Morgan fingerprint density at radius 1 is 1.24 bits per heavy atom. The van der Waals surface area contributed by atoms with Gasteiger partial charge in [-0.25, -0.2) is 9.50 Å². The number of hydrogen-bond donors (Lipinski definition) is 1. The number of fused-ring (bicyclic) bond motifs is 1. The van der Waals surface area contributed by atoms with E-state index in [1.54, 1.807) is 11.3 Å². The second-order valence-corrected chi connectivity index (χ2v) is 4.86. The summed E-state index contributed by atoms with van der Waals surface area (Å²) < 4.78 is 1.81. The summed E-state index contributed by atoms with van der Waals surface area (Å²) in [6.07, 6.45) is 2.74. The van der Waals surface area contributed by atoms with Crippen molar-refractivity contribution in [3.8, 4) is 0 Å². The van der Waals surface area contributed by atoms with Crippen LogP contribution in [0.4, 0.5) is 0 Å². The van der Waals surface area contributed by atoms with E-state index in [2.05, 4.69) is 22.2 Å². The van der Waals surface area contributed by atoms with Crippen LogP contribution in [0.1, 0.15) is 16.3 Å². The summed E-state index contributed by atoms with van der Waals surface area (Å²) in [6.45, 7) is 0.462. The largest absolute Gasteiger partial charge is 0.325 e. The zero-order valence-corrected chi connectivity index (χ0v) is 10.0. The van der Waals surface area contributed by atoms with Gasteiger partial charge in [0.2, 0.25) is 4.96 Å². The summed E-state index contributed by atoms with van der Waals surface area (Å²) in [5, 5.41) is 5.57. The number of rotatable bonds is 3. The van der Waals surface area contributed by atoms with Crippen molar-refractivity contribution < 1.29 is 0 Å². The van der Waals surface area contributed by atoms with Gasteiger partial charge in [-0.2, -0.15) is 5.10 Å². The molecule has 0 aliphatic heterocycles. The van der Waals surface area contributed by atoms with Crippen LogP contribution in [0.15, 0.2) is 36.5 Å². The molecule has 0 radical (unpaired) electrons. The minimum Gasteiger partial charge on any atom is -0.325 e. The number of nitrogens with zero attached hydrogens (tertiary/aromatic N) is 3. The first-order valence-electron chi connectivity index (χ1n) is 5.43. The van der Waals surface area contributed by atoms with Crippen LogP contribution in [0, 0.1) is 0 Å². The normalized spacial score (nSPS) is 11.1. The Kier molecular flexibility index (Phi) is 2.62. The fourth-order valence-corrected chi connectivity index (χ4v) is 2.66. The molecule has 0 bridgehead atoms. The summed E-state index contributed by atoms with van der Waals surface area (Å²) in [7, 11) is 0. The lowest BCUT2D eigenvalue weighted by Gasteiger charge is -1.95. The molecule has 2 N–H and O–H groups in total. The van der Waals surface area contributed by atoms with Gasteiger partial charge >= 0.3 is 0 Å². The highest BCUT2D eigenvalue weighted by Gasteiger charge is 2.07. The highest BCUT2D eigenvalue weighted by molar-refractivity contribution is 7.16. The average Bonchev–Trinajstić information content (AvgIpc) is 2.87. The summed E-state index contributed by atoms with van der Waals surface area (Å²) >= 11 is 1.61. The summed E-state index contributed by atoms with van der Waals surface area (Å²) in [5.74, 6) is 0. The monoisotopic (exact) mass is 244 g/mol. The molecule has 0 amide bonds. The molecule has 3 aromatic rings. The highest BCUT2D eigenvalue weighted by Crippen LogP contribution is 2.17. The molecule has 1 aromatic carbocycles. The van der Waals surface area contributed by atoms with Gasteiger partial charge in [-0.3, -0.25) is 0 Å². The van der Waals surface area contributed by atoms with Crippen LogP contribution < -0.4 is 5.73 Å². The van der Waals surface area contributed by atoms with Gasteiger partial charge < -0.3 is 5.73 Å². The molecule has 0 saturated heterocycles. The maximum absolute atomic E-state index is 5.54. The molecule has 5 heteroatoms. The second-order valence-electron chi connectivity index (χ2n) is 3.82. The Labute approximate surface area is 103 Å². The number of benzene rings is 1. The third-order valence-electron chi connectivity index (χ3n) is 2.54. The second kappa shape index (κ2) is 4.27. The van der Waals surface area contributed by atoms with Crippen LogP contribution in [0.25, 0.3) is 4.96 Å². The molecule has 0 aliphatic rings. The van der Waals surface area contributed by atoms with E-state index in [9.17, 15) is 0 Å². The van der Waals surface area contributed by atoms with Crippen molar-refractivity contribution in [2.24, 2.45) is 5.73 Å². The molecule has 3 rings (SSSR count). The van der Waals surface area contributed by atoms with E-state index in [4.69, 9.17) is 5.73 Å². The zero-order valence-electron chi connectivity index (χ0n) is 9.21. The van der Waals surface area contributed by atoms with Crippen LogP contribution in [-0.4, -0.2) is 14.6 Å². The lowest BCUT2D eigenvalue weighted by Crippen LogP contribution is -1.96. The number of hydrogen-bond acceptors (Lipinski definition) is 4. The van der Waals surface area contributed by atoms with E-state index >= 15 is 0 Å². The van der Waals surface area contributed by atoms with Crippen molar-refractivity contribution in [2.75, 3.05) is 0 Å².